The Balaban J connectivity index is 1.90. The zero-order valence-electron chi connectivity index (χ0n) is 19.2. The maximum atomic E-state index is 13.5. The third kappa shape index (κ3) is 7.79. The molecule has 0 aromatic heterocycles. The number of halogens is 2. The zero-order chi connectivity index (χ0) is 24.5. The SMILES string of the molecule is CC(C)NC(=O)[C@H](Cc1ccccc1)N(Cc1cccc(Cl)c1)C(=O)COc1ccc(Cl)cc1. The summed E-state index contributed by atoms with van der Waals surface area (Å²) in [6.07, 6.45) is 0.368. The van der Waals surface area contributed by atoms with Gasteiger partial charge < -0.3 is 15.0 Å². The molecule has 0 spiro atoms. The zero-order valence-corrected chi connectivity index (χ0v) is 20.7. The first-order valence-electron chi connectivity index (χ1n) is 11.1. The Hall–Kier alpha value is -3.02. The molecule has 2 amide bonds. The number of nitrogens with one attached hydrogen (secondary N) is 1. The van der Waals surface area contributed by atoms with Crippen LogP contribution in [0.1, 0.15) is 25.0 Å². The van der Waals surface area contributed by atoms with Gasteiger partial charge in [0.05, 0.1) is 0 Å². The van der Waals surface area contributed by atoms with Crippen molar-refractivity contribution in [3.8, 4) is 5.75 Å². The fraction of sp³-hybridized carbons (Fsp3) is 0.259. The summed E-state index contributed by atoms with van der Waals surface area (Å²) in [5.74, 6) is -0.0119. The van der Waals surface area contributed by atoms with E-state index in [9.17, 15) is 9.59 Å². The summed E-state index contributed by atoms with van der Waals surface area (Å²) in [6, 6.07) is 22.9. The Morgan fingerprint density at radius 2 is 1.56 bits per heavy atom. The summed E-state index contributed by atoms with van der Waals surface area (Å²) in [6.45, 7) is 3.78. The number of carbonyl (C=O) groups excluding carboxylic acids is 2. The van der Waals surface area contributed by atoms with Gasteiger partial charge in [-0.2, -0.15) is 0 Å². The fourth-order valence-electron chi connectivity index (χ4n) is 3.53. The van der Waals surface area contributed by atoms with Gasteiger partial charge >= 0.3 is 0 Å². The van der Waals surface area contributed by atoms with E-state index in [0.29, 0.717) is 22.2 Å². The van der Waals surface area contributed by atoms with Gasteiger partial charge in [0.15, 0.2) is 6.61 Å². The van der Waals surface area contributed by atoms with Gasteiger partial charge in [0, 0.05) is 29.1 Å². The number of ether oxygens (including phenoxy) is 1. The molecule has 178 valence electrons. The van der Waals surface area contributed by atoms with Crippen LogP contribution in [-0.2, 0) is 22.6 Å². The van der Waals surface area contributed by atoms with E-state index in [0.717, 1.165) is 11.1 Å². The van der Waals surface area contributed by atoms with E-state index in [1.165, 1.54) is 0 Å². The number of carbonyl (C=O) groups is 2. The van der Waals surface area contributed by atoms with Crippen LogP contribution in [0.5, 0.6) is 5.75 Å². The average Bonchev–Trinajstić information content (AvgIpc) is 2.81. The van der Waals surface area contributed by atoms with E-state index < -0.39 is 6.04 Å². The summed E-state index contributed by atoms with van der Waals surface area (Å²) >= 11 is 12.1. The van der Waals surface area contributed by atoms with E-state index >= 15 is 0 Å². The highest BCUT2D eigenvalue weighted by molar-refractivity contribution is 6.30. The van der Waals surface area contributed by atoms with E-state index in [1.807, 2.05) is 56.3 Å². The molecule has 0 radical (unpaired) electrons. The lowest BCUT2D eigenvalue weighted by Crippen LogP contribution is -2.52. The number of nitrogens with zero attached hydrogens (tertiary/aromatic N) is 1. The van der Waals surface area contributed by atoms with Crippen molar-refractivity contribution in [2.45, 2.75) is 38.9 Å². The first-order chi connectivity index (χ1) is 16.3. The quantitative estimate of drug-likeness (QED) is 0.399. The van der Waals surface area contributed by atoms with Crippen LogP contribution in [0.15, 0.2) is 78.9 Å². The van der Waals surface area contributed by atoms with Crippen LogP contribution < -0.4 is 10.1 Å². The smallest absolute Gasteiger partial charge is 0.261 e. The summed E-state index contributed by atoms with van der Waals surface area (Å²) in [5.41, 5.74) is 1.77. The minimum absolute atomic E-state index is 0.0702. The molecule has 1 atom stereocenters. The Labute approximate surface area is 210 Å². The van der Waals surface area contributed by atoms with Gasteiger partial charge in [-0.05, 0) is 61.4 Å². The number of amides is 2. The van der Waals surface area contributed by atoms with Crippen molar-refractivity contribution < 1.29 is 14.3 Å². The van der Waals surface area contributed by atoms with E-state index in [2.05, 4.69) is 5.32 Å². The molecule has 0 aliphatic heterocycles. The molecule has 0 bridgehead atoms. The highest BCUT2D eigenvalue weighted by Gasteiger charge is 2.31. The minimum Gasteiger partial charge on any atom is -0.484 e. The molecule has 0 saturated heterocycles. The van der Waals surface area contributed by atoms with Crippen molar-refractivity contribution in [3.63, 3.8) is 0 Å². The monoisotopic (exact) mass is 498 g/mol. The van der Waals surface area contributed by atoms with Crippen molar-refractivity contribution >= 4 is 35.0 Å². The third-order valence-electron chi connectivity index (χ3n) is 5.12. The third-order valence-corrected chi connectivity index (χ3v) is 5.61. The van der Waals surface area contributed by atoms with Crippen LogP contribution in [-0.4, -0.2) is 35.4 Å². The number of hydrogen-bond donors (Lipinski definition) is 1. The van der Waals surface area contributed by atoms with Gasteiger partial charge in [0.2, 0.25) is 5.91 Å². The minimum atomic E-state index is -0.731. The second kappa shape index (κ2) is 12.4. The molecule has 0 aliphatic carbocycles. The Bertz CT molecular complexity index is 1090. The molecule has 0 unspecified atom stereocenters. The Morgan fingerprint density at radius 1 is 0.882 bits per heavy atom. The van der Waals surface area contributed by atoms with Crippen LogP contribution in [0.3, 0.4) is 0 Å². The number of rotatable bonds is 10. The van der Waals surface area contributed by atoms with Crippen LogP contribution in [0.25, 0.3) is 0 Å². The van der Waals surface area contributed by atoms with E-state index in [-0.39, 0.29) is 31.0 Å². The number of benzene rings is 3. The van der Waals surface area contributed by atoms with Crippen molar-refractivity contribution in [3.05, 3.63) is 100 Å². The highest BCUT2D eigenvalue weighted by atomic mass is 35.5. The topological polar surface area (TPSA) is 58.6 Å². The molecule has 3 aromatic rings. The molecule has 0 heterocycles. The van der Waals surface area contributed by atoms with Gasteiger partial charge in [-0.15, -0.1) is 0 Å². The van der Waals surface area contributed by atoms with E-state index in [1.54, 1.807) is 41.3 Å². The lowest BCUT2D eigenvalue weighted by atomic mass is 10.0. The number of hydrogen-bond acceptors (Lipinski definition) is 3. The fourth-order valence-corrected chi connectivity index (χ4v) is 3.86. The predicted molar refractivity (Wildman–Crippen MR) is 136 cm³/mol. The van der Waals surface area contributed by atoms with Gasteiger partial charge in [-0.3, -0.25) is 9.59 Å². The standard InChI is InChI=1S/C27H28Cl2N2O3/c1-19(2)30-27(33)25(16-20-7-4-3-5-8-20)31(17-21-9-6-10-23(29)15-21)26(32)18-34-24-13-11-22(28)12-14-24/h3-15,19,25H,16-18H2,1-2H3,(H,30,33)/t25-/m0/s1. The van der Waals surface area contributed by atoms with E-state index in [4.69, 9.17) is 27.9 Å². The molecule has 3 rings (SSSR count). The van der Waals surface area contributed by atoms with Crippen LogP contribution >= 0.6 is 23.2 Å². The van der Waals surface area contributed by atoms with Crippen LogP contribution in [0.2, 0.25) is 10.0 Å². The second-order valence-electron chi connectivity index (χ2n) is 8.26. The molecule has 1 N–H and O–H groups in total. The average molecular weight is 499 g/mol. The van der Waals surface area contributed by atoms with Gasteiger partial charge in [0.1, 0.15) is 11.8 Å². The Kier molecular flexibility index (Phi) is 9.37. The normalized spacial score (nSPS) is 11.7. The highest BCUT2D eigenvalue weighted by Crippen LogP contribution is 2.19. The largest absolute Gasteiger partial charge is 0.484 e. The molecule has 0 saturated carbocycles. The molecular formula is C27H28Cl2N2O3. The first-order valence-corrected chi connectivity index (χ1v) is 11.8. The van der Waals surface area contributed by atoms with Gasteiger partial charge in [0.25, 0.3) is 5.91 Å². The van der Waals surface area contributed by atoms with Crippen molar-refractivity contribution in [2.75, 3.05) is 6.61 Å². The lowest BCUT2D eigenvalue weighted by Gasteiger charge is -2.32. The second-order valence-corrected chi connectivity index (χ2v) is 9.14. The summed E-state index contributed by atoms with van der Waals surface area (Å²) in [7, 11) is 0. The van der Waals surface area contributed by atoms with Crippen molar-refractivity contribution in [1.82, 2.24) is 10.2 Å². The molecule has 3 aromatic carbocycles. The van der Waals surface area contributed by atoms with Gasteiger partial charge in [-0.25, -0.2) is 0 Å². The van der Waals surface area contributed by atoms with Crippen LogP contribution in [0, 0.1) is 0 Å². The summed E-state index contributed by atoms with van der Waals surface area (Å²) in [5, 5.41) is 4.10. The molecule has 7 heteroatoms. The predicted octanol–water partition coefficient (Wildman–Crippen LogP) is 5.54. The van der Waals surface area contributed by atoms with Gasteiger partial charge in [-0.1, -0.05) is 65.7 Å². The molecule has 5 nitrogen and oxygen atoms in total. The van der Waals surface area contributed by atoms with Crippen molar-refractivity contribution in [2.24, 2.45) is 0 Å². The molecule has 0 fully saturated rings. The van der Waals surface area contributed by atoms with Crippen LogP contribution in [0.4, 0.5) is 0 Å². The Morgan fingerprint density at radius 3 is 2.21 bits per heavy atom. The van der Waals surface area contributed by atoms with Crippen molar-refractivity contribution in [1.29, 1.82) is 0 Å². The summed E-state index contributed by atoms with van der Waals surface area (Å²) < 4.78 is 5.72. The molecule has 34 heavy (non-hydrogen) atoms. The maximum absolute atomic E-state index is 13.5. The molecule has 0 aliphatic rings. The lowest BCUT2D eigenvalue weighted by molar-refractivity contribution is -0.143. The first kappa shape index (κ1) is 25.6. The maximum Gasteiger partial charge on any atom is 0.261 e. The molecular weight excluding hydrogens is 471 g/mol. The summed E-state index contributed by atoms with van der Waals surface area (Å²) in [4.78, 5) is 28.3.